The summed E-state index contributed by atoms with van der Waals surface area (Å²) in [6.45, 7) is 9.17. The van der Waals surface area contributed by atoms with E-state index >= 15 is 0 Å². The van der Waals surface area contributed by atoms with Crippen LogP contribution >= 0.6 is 0 Å². The van der Waals surface area contributed by atoms with Crippen LogP contribution in [0.5, 0.6) is 0 Å². The molecule has 0 atom stereocenters. The molecular weight excluding hydrogens is 413 g/mol. The van der Waals surface area contributed by atoms with Crippen LogP contribution in [-0.4, -0.2) is 45.9 Å². The quantitative estimate of drug-likeness (QED) is 0.512. The maximum absolute atomic E-state index is 14.4. The summed E-state index contributed by atoms with van der Waals surface area (Å²) in [7, 11) is 0. The van der Waals surface area contributed by atoms with E-state index in [0.717, 1.165) is 22.6 Å². The molecular formula is C21H22FN9O. The number of anilines is 1. The fourth-order valence-electron chi connectivity index (χ4n) is 3.49. The predicted molar refractivity (Wildman–Crippen MR) is 114 cm³/mol. The highest BCUT2D eigenvalue weighted by Crippen LogP contribution is 2.21. The van der Waals surface area contributed by atoms with E-state index in [1.165, 1.54) is 22.9 Å². The van der Waals surface area contributed by atoms with Gasteiger partial charge < -0.3 is 5.32 Å². The molecule has 11 heteroatoms. The Morgan fingerprint density at radius 3 is 2.41 bits per heavy atom. The van der Waals surface area contributed by atoms with E-state index in [0.29, 0.717) is 23.2 Å². The second kappa shape index (κ2) is 8.25. The number of amides is 1. The molecule has 0 unspecified atom stereocenters. The van der Waals surface area contributed by atoms with E-state index in [-0.39, 0.29) is 18.0 Å². The van der Waals surface area contributed by atoms with Gasteiger partial charge in [0.2, 0.25) is 5.91 Å². The van der Waals surface area contributed by atoms with Crippen molar-refractivity contribution in [3.63, 3.8) is 0 Å². The topological polar surface area (TPSA) is 116 Å². The molecule has 0 radical (unpaired) electrons. The van der Waals surface area contributed by atoms with E-state index in [9.17, 15) is 9.18 Å². The molecule has 32 heavy (non-hydrogen) atoms. The molecule has 4 rings (SSSR count). The zero-order valence-electron chi connectivity index (χ0n) is 18.4. The van der Waals surface area contributed by atoms with Crippen LogP contribution in [0, 0.1) is 40.4 Å². The molecule has 1 aromatic carbocycles. The Balaban J connectivity index is 1.58. The van der Waals surface area contributed by atoms with Crippen molar-refractivity contribution in [1.29, 1.82) is 0 Å². The van der Waals surface area contributed by atoms with Crippen LogP contribution in [0.4, 0.5) is 10.1 Å². The molecule has 4 aromatic rings. The number of tetrazole rings is 1. The van der Waals surface area contributed by atoms with Gasteiger partial charge in [0, 0.05) is 22.6 Å². The lowest BCUT2D eigenvalue weighted by Crippen LogP contribution is -2.17. The molecule has 0 saturated heterocycles. The average Bonchev–Trinajstić information content (AvgIpc) is 3.27. The number of hydrogen-bond acceptors (Lipinski definition) is 7. The fraction of sp³-hybridized carbons (Fsp3) is 0.286. The molecule has 0 aliphatic carbocycles. The largest absolute Gasteiger partial charge is 0.323 e. The molecule has 3 aromatic heterocycles. The highest BCUT2D eigenvalue weighted by atomic mass is 19.1. The van der Waals surface area contributed by atoms with Gasteiger partial charge in [0.1, 0.15) is 5.82 Å². The standard InChI is InChI=1S/C21H22FN9O/c1-11-8-12(2)24-21(23-11)30-14(4)17(13(3)27-30)10-20(32)25-19-9-16(6-7-18(19)22)31-15(5)26-28-29-31/h6-9H,10H2,1-5H3,(H,25,32). The van der Waals surface area contributed by atoms with Crippen molar-refractivity contribution in [2.24, 2.45) is 0 Å². The second-order valence-electron chi connectivity index (χ2n) is 7.54. The number of aromatic nitrogens is 8. The first-order chi connectivity index (χ1) is 15.2. The summed E-state index contributed by atoms with van der Waals surface area (Å²) in [6.07, 6.45) is 0.0239. The van der Waals surface area contributed by atoms with Crippen LogP contribution in [-0.2, 0) is 11.2 Å². The van der Waals surface area contributed by atoms with E-state index in [1.807, 2.05) is 33.8 Å². The molecule has 0 bridgehead atoms. The lowest BCUT2D eigenvalue weighted by Gasteiger charge is -2.10. The maximum Gasteiger partial charge on any atom is 0.251 e. The van der Waals surface area contributed by atoms with E-state index in [2.05, 4.69) is 35.9 Å². The number of rotatable bonds is 5. The van der Waals surface area contributed by atoms with Crippen LogP contribution in [0.15, 0.2) is 24.3 Å². The van der Waals surface area contributed by atoms with E-state index < -0.39 is 5.82 Å². The predicted octanol–water partition coefficient (Wildman–Crippen LogP) is 2.50. The van der Waals surface area contributed by atoms with Gasteiger partial charge in [-0.1, -0.05) is 0 Å². The summed E-state index contributed by atoms with van der Waals surface area (Å²) in [6, 6.07) is 6.17. The Morgan fingerprint density at radius 2 is 1.75 bits per heavy atom. The molecule has 0 fully saturated rings. The molecule has 3 heterocycles. The minimum atomic E-state index is -0.555. The van der Waals surface area contributed by atoms with Crippen molar-refractivity contribution >= 4 is 11.6 Å². The van der Waals surface area contributed by atoms with E-state index in [4.69, 9.17) is 0 Å². The third-order valence-corrected chi connectivity index (χ3v) is 5.03. The van der Waals surface area contributed by atoms with Crippen LogP contribution in [0.2, 0.25) is 0 Å². The number of halogens is 1. The monoisotopic (exact) mass is 435 g/mol. The van der Waals surface area contributed by atoms with Crippen molar-refractivity contribution in [2.75, 3.05) is 5.32 Å². The molecule has 1 N–H and O–H groups in total. The normalized spacial score (nSPS) is 11.1. The van der Waals surface area contributed by atoms with Gasteiger partial charge in [-0.25, -0.2) is 19.0 Å². The number of nitrogens with zero attached hydrogens (tertiary/aromatic N) is 8. The van der Waals surface area contributed by atoms with Gasteiger partial charge >= 0.3 is 0 Å². The number of benzene rings is 1. The van der Waals surface area contributed by atoms with Crippen LogP contribution in [0.3, 0.4) is 0 Å². The molecule has 1 amide bonds. The Morgan fingerprint density at radius 1 is 1.03 bits per heavy atom. The molecule has 0 spiro atoms. The molecule has 0 aliphatic heterocycles. The molecule has 164 valence electrons. The van der Waals surface area contributed by atoms with Crippen LogP contribution in [0.25, 0.3) is 11.6 Å². The third kappa shape index (κ3) is 4.09. The van der Waals surface area contributed by atoms with Crippen molar-refractivity contribution in [3.8, 4) is 11.6 Å². The summed E-state index contributed by atoms with van der Waals surface area (Å²) >= 11 is 0. The smallest absolute Gasteiger partial charge is 0.251 e. The Kier molecular flexibility index (Phi) is 5.47. The van der Waals surface area contributed by atoms with Gasteiger partial charge in [-0.2, -0.15) is 9.78 Å². The number of aryl methyl sites for hydroxylation is 4. The minimum absolute atomic E-state index is 0.0239. The van der Waals surface area contributed by atoms with Crippen LogP contribution < -0.4 is 5.32 Å². The number of hydrogen-bond donors (Lipinski definition) is 1. The Labute approximate surface area is 183 Å². The summed E-state index contributed by atoms with van der Waals surface area (Å²) in [5.74, 6) is 0.0636. The average molecular weight is 435 g/mol. The highest BCUT2D eigenvalue weighted by molar-refractivity contribution is 5.93. The van der Waals surface area contributed by atoms with Gasteiger partial charge in [0.05, 0.1) is 23.5 Å². The zero-order chi connectivity index (χ0) is 23.0. The third-order valence-electron chi connectivity index (χ3n) is 5.03. The molecule has 0 saturated carbocycles. The zero-order valence-corrected chi connectivity index (χ0v) is 18.4. The summed E-state index contributed by atoms with van der Waals surface area (Å²) in [4.78, 5) is 21.6. The molecule has 10 nitrogen and oxygen atoms in total. The first-order valence-electron chi connectivity index (χ1n) is 9.95. The summed E-state index contributed by atoms with van der Waals surface area (Å²) in [5, 5.41) is 18.4. The lowest BCUT2D eigenvalue weighted by molar-refractivity contribution is -0.115. The van der Waals surface area contributed by atoms with Crippen molar-refractivity contribution in [1.82, 2.24) is 40.0 Å². The Hall–Kier alpha value is -4.02. The number of nitrogens with one attached hydrogen (secondary N) is 1. The maximum atomic E-state index is 14.4. The first-order valence-corrected chi connectivity index (χ1v) is 9.95. The van der Waals surface area contributed by atoms with Gasteiger partial charge in [0.15, 0.2) is 5.82 Å². The van der Waals surface area contributed by atoms with Gasteiger partial charge in [-0.05, 0) is 69.3 Å². The SMILES string of the molecule is Cc1cc(C)nc(-n2nc(C)c(CC(=O)Nc3cc(-n4nnnc4C)ccc3F)c2C)n1. The van der Waals surface area contributed by atoms with Gasteiger partial charge in [-0.15, -0.1) is 5.10 Å². The Bertz CT molecular complexity index is 1300. The van der Waals surface area contributed by atoms with E-state index in [1.54, 1.807) is 11.6 Å². The minimum Gasteiger partial charge on any atom is -0.323 e. The van der Waals surface area contributed by atoms with Crippen molar-refractivity contribution in [2.45, 2.75) is 41.0 Å². The van der Waals surface area contributed by atoms with Gasteiger partial charge in [0.25, 0.3) is 5.95 Å². The van der Waals surface area contributed by atoms with Crippen molar-refractivity contribution in [3.05, 3.63) is 64.2 Å². The van der Waals surface area contributed by atoms with Crippen LogP contribution in [0.1, 0.15) is 34.2 Å². The highest BCUT2D eigenvalue weighted by Gasteiger charge is 2.19. The fourth-order valence-corrected chi connectivity index (χ4v) is 3.49. The van der Waals surface area contributed by atoms with Crippen molar-refractivity contribution < 1.29 is 9.18 Å². The lowest BCUT2D eigenvalue weighted by atomic mass is 10.1. The number of carbonyl (C=O) groups is 1. The van der Waals surface area contributed by atoms with Gasteiger partial charge in [-0.3, -0.25) is 4.79 Å². The summed E-state index contributed by atoms with van der Waals surface area (Å²) in [5.41, 5.74) is 4.40. The molecule has 0 aliphatic rings. The number of carbonyl (C=O) groups excluding carboxylic acids is 1. The second-order valence-corrected chi connectivity index (χ2v) is 7.54. The summed E-state index contributed by atoms with van der Waals surface area (Å²) < 4.78 is 17.4. The first kappa shape index (κ1) is 21.2.